The van der Waals surface area contributed by atoms with Crippen molar-refractivity contribution in [1.29, 1.82) is 0 Å². The van der Waals surface area contributed by atoms with Crippen LogP contribution in [0.2, 0.25) is 0 Å². The number of carbonyl (C=O) groups is 1. The van der Waals surface area contributed by atoms with E-state index in [4.69, 9.17) is 11.2 Å². The van der Waals surface area contributed by atoms with Gasteiger partial charge in [-0.05, 0) is 139 Å². The zero-order valence-electron chi connectivity index (χ0n) is 24.8. The van der Waals surface area contributed by atoms with Crippen molar-refractivity contribution in [2.45, 2.75) is 117 Å². The maximum Gasteiger partial charge on any atom is 0.385 e. The van der Waals surface area contributed by atoms with E-state index in [2.05, 4.69) is 76.1 Å². The van der Waals surface area contributed by atoms with Crippen molar-refractivity contribution in [2.24, 2.45) is 52.3 Å². The SMILES string of the molecule is C#CC#CC#CC#CC(=O)O[C@@H]1CC[C@]2(C)C3C[C@H](O)[C@@]4(C)C(CC[C@@H]4[C@H](C)CCCC(C)C)C3CC[C@@H]2C1. The van der Waals surface area contributed by atoms with Gasteiger partial charge in [-0.3, -0.25) is 0 Å². The van der Waals surface area contributed by atoms with Gasteiger partial charge in [0.15, 0.2) is 0 Å². The molecule has 0 heterocycles. The highest BCUT2D eigenvalue weighted by molar-refractivity contribution is 5.89. The van der Waals surface area contributed by atoms with Crippen LogP contribution < -0.4 is 0 Å². The second-order valence-corrected chi connectivity index (χ2v) is 14.0. The molecule has 4 saturated carbocycles. The van der Waals surface area contributed by atoms with Crippen molar-refractivity contribution in [1.82, 2.24) is 0 Å². The third-order valence-corrected chi connectivity index (χ3v) is 11.7. The summed E-state index contributed by atoms with van der Waals surface area (Å²) in [7, 11) is 0. The molecule has 0 aromatic carbocycles. The fourth-order valence-corrected chi connectivity index (χ4v) is 9.69. The molecule has 0 aromatic rings. The van der Waals surface area contributed by atoms with Gasteiger partial charge in [-0.25, -0.2) is 4.79 Å². The summed E-state index contributed by atoms with van der Waals surface area (Å²) >= 11 is 0. The van der Waals surface area contributed by atoms with Crippen LogP contribution >= 0.6 is 0 Å². The number of aliphatic hydroxyl groups is 1. The largest absolute Gasteiger partial charge is 0.453 e. The highest BCUT2D eigenvalue weighted by Gasteiger charge is 2.63. The highest BCUT2D eigenvalue weighted by atomic mass is 16.5. The molecule has 0 spiro atoms. The van der Waals surface area contributed by atoms with Crippen LogP contribution in [0.15, 0.2) is 0 Å². The minimum atomic E-state index is -0.514. The molecule has 3 unspecified atom stereocenters. The number of terminal acetylenes is 1. The van der Waals surface area contributed by atoms with Crippen LogP contribution in [0.4, 0.5) is 0 Å². The summed E-state index contributed by atoms with van der Waals surface area (Å²) in [6.07, 6.45) is 17.4. The fourth-order valence-electron chi connectivity index (χ4n) is 9.69. The lowest BCUT2D eigenvalue weighted by molar-refractivity contribution is -0.180. The summed E-state index contributed by atoms with van der Waals surface area (Å²) in [4.78, 5) is 12.3. The Morgan fingerprint density at radius 1 is 0.949 bits per heavy atom. The number of carbonyl (C=O) groups excluding carboxylic acids is 1. The molecular weight excluding hydrogens is 480 g/mol. The van der Waals surface area contributed by atoms with Crippen molar-refractivity contribution in [2.75, 3.05) is 0 Å². The van der Waals surface area contributed by atoms with Crippen LogP contribution in [0.3, 0.4) is 0 Å². The molecule has 0 amide bonds. The molecule has 4 rings (SSSR count). The molecule has 3 nitrogen and oxygen atoms in total. The molecule has 4 aliphatic carbocycles. The van der Waals surface area contributed by atoms with Crippen LogP contribution in [0.1, 0.15) is 105 Å². The second kappa shape index (κ2) is 12.5. The molecule has 0 aliphatic heterocycles. The Morgan fingerprint density at radius 3 is 2.44 bits per heavy atom. The predicted octanol–water partition coefficient (Wildman–Crippen LogP) is 6.63. The standard InChI is InChI=1S/C36H48O3/c1-7-8-9-10-11-12-16-34(38)39-28-21-22-35(5)27(23-28)17-18-29-31-20-19-30(26(4)15-13-14-25(2)3)36(31,6)33(37)24-32(29)35/h1,25-33,37H,13-15,17-24H2,2-6H3/t26-,27-,28-,29?,30-,31?,32?,33+,35+,36-/m1/s1. The lowest BCUT2D eigenvalue weighted by Gasteiger charge is -2.62. The number of fused-ring (bicyclic) bond motifs is 5. The number of aliphatic hydroxyl groups excluding tert-OH is 1. The summed E-state index contributed by atoms with van der Waals surface area (Å²) in [5.74, 6) is 21.1. The Morgan fingerprint density at radius 2 is 1.69 bits per heavy atom. The van der Waals surface area contributed by atoms with Gasteiger partial charge < -0.3 is 9.84 Å². The van der Waals surface area contributed by atoms with Crippen molar-refractivity contribution in [3.8, 4) is 47.9 Å². The van der Waals surface area contributed by atoms with Gasteiger partial charge in [0.2, 0.25) is 0 Å². The number of rotatable bonds is 6. The molecule has 4 aliphatic rings. The molecule has 3 heteroatoms. The van der Waals surface area contributed by atoms with Gasteiger partial charge in [0, 0.05) is 5.92 Å². The minimum Gasteiger partial charge on any atom is -0.453 e. The molecule has 1 N–H and O–H groups in total. The lowest BCUT2D eigenvalue weighted by Crippen LogP contribution is -2.59. The quantitative estimate of drug-likeness (QED) is 0.239. The summed E-state index contributed by atoms with van der Waals surface area (Å²) in [6, 6.07) is 0. The van der Waals surface area contributed by atoms with E-state index in [1.54, 1.807) is 0 Å². The van der Waals surface area contributed by atoms with Gasteiger partial charge in [-0.2, -0.15) is 0 Å². The Labute approximate surface area is 238 Å². The van der Waals surface area contributed by atoms with E-state index in [1.165, 1.54) is 44.9 Å². The summed E-state index contributed by atoms with van der Waals surface area (Å²) in [5, 5.41) is 11.8. The Hall–Kier alpha value is -2.33. The molecule has 0 saturated heterocycles. The first-order chi connectivity index (χ1) is 18.6. The first kappa shape index (κ1) is 29.6. The van der Waals surface area contributed by atoms with Gasteiger partial charge in [-0.1, -0.05) is 53.9 Å². The first-order valence-electron chi connectivity index (χ1n) is 15.5. The van der Waals surface area contributed by atoms with Gasteiger partial charge in [-0.15, -0.1) is 6.42 Å². The van der Waals surface area contributed by atoms with Crippen LogP contribution in [-0.4, -0.2) is 23.3 Å². The highest BCUT2D eigenvalue weighted by Crippen LogP contribution is 2.68. The van der Waals surface area contributed by atoms with E-state index >= 15 is 0 Å². The second-order valence-electron chi connectivity index (χ2n) is 14.0. The molecule has 0 radical (unpaired) electrons. The maximum absolute atomic E-state index is 12.3. The van der Waals surface area contributed by atoms with E-state index in [9.17, 15) is 9.90 Å². The van der Waals surface area contributed by atoms with Gasteiger partial charge in [0.1, 0.15) is 6.10 Å². The van der Waals surface area contributed by atoms with E-state index in [1.807, 2.05) is 0 Å². The van der Waals surface area contributed by atoms with Crippen molar-refractivity contribution in [3.05, 3.63) is 0 Å². The van der Waals surface area contributed by atoms with Crippen molar-refractivity contribution < 1.29 is 14.6 Å². The summed E-state index contributed by atoms with van der Waals surface area (Å²) < 4.78 is 5.74. The Kier molecular flexibility index (Phi) is 9.47. The molecule has 210 valence electrons. The van der Waals surface area contributed by atoms with Crippen molar-refractivity contribution >= 4 is 5.97 Å². The van der Waals surface area contributed by atoms with E-state index in [0.717, 1.165) is 31.6 Å². The molecular formula is C36H48O3. The summed E-state index contributed by atoms with van der Waals surface area (Å²) in [5.41, 5.74) is 0.268. The smallest absolute Gasteiger partial charge is 0.385 e. The fraction of sp³-hybridized carbons (Fsp3) is 0.750. The number of ether oxygens (including phenoxy) is 1. The van der Waals surface area contributed by atoms with E-state index in [0.29, 0.717) is 35.5 Å². The molecule has 39 heavy (non-hydrogen) atoms. The van der Waals surface area contributed by atoms with Crippen LogP contribution in [0.5, 0.6) is 0 Å². The van der Waals surface area contributed by atoms with Gasteiger partial charge in [0.05, 0.1) is 6.10 Å². The van der Waals surface area contributed by atoms with Crippen LogP contribution in [0, 0.1) is 100 Å². The van der Waals surface area contributed by atoms with E-state index < -0.39 is 5.97 Å². The average Bonchev–Trinajstić information content (AvgIpc) is 3.25. The van der Waals surface area contributed by atoms with E-state index in [-0.39, 0.29) is 23.0 Å². The number of hydrogen-bond donors (Lipinski definition) is 1. The Balaban J connectivity index is 1.39. The monoisotopic (exact) mass is 528 g/mol. The third kappa shape index (κ3) is 6.06. The molecule has 4 fully saturated rings. The van der Waals surface area contributed by atoms with Crippen LogP contribution in [0.25, 0.3) is 0 Å². The minimum absolute atomic E-state index is 0.0579. The first-order valence-corrected chi connectivity index (χ1v) is 15.5. The van der Waals surface area contributed by atoms with Gasteiger partial charge >= 0.3 is 5.97 Å². The lowest BCUT2D eigenvalue weighted by atomic mass is 9.43. The Bertz CT molecular complexity index is 1130. The third-order valence-electron chi connectivity index (χ3n) is 11.7. The zero-order chi connectivity index (χ0) is 28.2. The predicted molar refractivity (Wildman–Crippen MR) is 157 cm³/mol. The average molecular weight is 529 g/mol. The van der Waals surface area contributed by atoms with Gasteiger partial charge in [0.25, 0.3) is 0 Å². The maximum atomic E-state index is 12.3. The normalized spacial score (nSPS) is 39.1. The topological polar surface area (TPSA) is 46.5 Å². The molecule has 0 aromatic heterocycles. The number of esters is 1. The zero-order valence-corrected chi connectivity index (χ0v) is 24.8. The van der Waals surface area contributed by atoms with Crippen LogP contribution in [-0.2, 0) is 9.53 Å². The van der Waals surface area contributed by atoms with Crippen molar-refractivity contribution in [3.63, 3.8) is 0 Å². The summed E-state index contributed by atoms with van der Waals surface area (Å²) in [6.45, 7) is 12.0. The number of hydrogen-bond acceptors (Lipinski definition) is 3. The molecule has 10 atom stereocenters. The molecule has 0 bridgehead atoms.